The van der Waals surface area contributed by atoms with Crippen LogP contribution in [-0.2, 0) is 0 Å². The average Bonchev–Trinajstić information content (AvgIpc) is 3.63. The summed E-state index contributed by atoms with van der Waals surface area (Å²) >= 11 is 1.26. The molecular weight excluding hydrogens is 473 g/mol. The van der Waals surface area contributed by atoms with Crippen molar-refractivity contribution in [3.63, 3.8) is 0 Å². The fraction of sp³-hybridized carbons (Fsp3) is 0.320. The summed E-state index contributed by atoms with van der Waals surface area (Å²) in [5.41, 5.74) is 0.721. The van der Waals surface area contributed by atoms with Crippen LogP contribution < -0.4 is 19.5 Å². The molecule has 0 radical (unpaired) electrons. The fourth-order valence-corrected chi connectivity index (χ4v) is 4.75. The molecule has 2 aromatic carbocycles. The lowest BCUT2D eigenvalue weighted by molar-refractivity contribution is 0.0933. The summed E-state index contributed by atoms with van der Waals surface area (Å²) in [4.78, 5) is 32.1. The number of para-hydroxylation sites is 1. The summed E-state index contributed by atoms with van der Waals surface area (Å²) in [6.07, 6.45) is 1.14. The molecule has 2 heterocycles. The van der Waals surface area contributed by atoms with Gasteiger partial charge in [0.15, 0.2) is 11.5 Å². The maximum Gasteiger partial charge on any atom is 0.416 e. The number of rotatable bonds is 7. The van der Waals surface area contributed by atoms with Crippen molar-refractivity contribution in [2.24, 2.45) is 0 Å². The van der Waals surface area contributed by atoms with Crippen molar-refractivity contribution in [1.82, 2.24) is 15.2 Å². The van der Waals surface area contributed by atoms with Gasteiger partial charge in [-0.15, -0.1) is 11.3 Å². The molecule has 1 aliphatic carbocycles. The van der Waals surface area contributed by atoms with Crippen LogP contribution in [0.3, 0.4) is 0 Å². The molecule has 1 N–H and O–H groups in total. The molecular formula is C25H24FN3O5S. The molecule has 2 aliphatic rings. The van der Waals surface area contributed by atoms with Crippen LogP contribution in [0.15, 0.2) is 42.5 Å². The van der Waals surface area contributed by atoms with E-state index in [0.29, 0.717) is 45.7 Å². The van der Waals surface area contributed by atoms with Crippen LogP contribution in [0.5, 0.6) is 17.4 Å². The number of halogens is 1. The monoisotopic (exact) mass is 497 g/mol. The van der Waals surface area contributed by atoms with Crippen LogP contribution >= 0.6 is 11.3 Å². The van der Waals surface area contributed by atoms with Gasteiger partial charge in [-0.25, -0.2) is 14.2 Å². The number of thiazole rings is 1. The molecule has 5 rings (SSSR count). The SMILES string of the molecule is Cc1nc(OC(=O)N(CCNC(=O)c2cccc3c2OCCO3)C2CC2)c(-c2ccccc2F)s1. The van der Waals surface area contributed by atoms with Crippen molar-refractivity contribution in [1.29, 1.82) is 0 Å². The highest BCUT2D eigenvalue weighted by molar-refractivity contribution is 7.15. The van der Waals surface area contributed by atoms with Crippen LogP contribution in [0.4, 0.5) is 9.18 Å². The summed E-state index contributed by atoms with van der Waals surface area (Å²) < 4.78 is 31.1. The maximum atomic E-state index is 14.4. The second-order valence-corrected chi connectivity index (χ2v) is 9.43. The van der Waals surface area contributed by atoms with Gasteiger partial charge < -0.3 is 24.4 Å². The number of fused-ring (bicyclic) bond motifs is 1. The minimum atomic E-state index is -0.571. The predicted molar refractivity (Wildman–Crippen MR) is 128 cm³/mol. The van der Waals surface area contributed by atoms with Gasteiger partial charge in [-0.3, -0.25) is 4.79 Å². The number of amides is 2. The quantitative estimate of drug-likeness (QED) is 0.520. The average molecular weight is 498 g/mol. The van der Waals surface area contributed by atoms with Gasteiger partial charge in [0.2, 0.25) is 5.88 Å². The van der Waals surface area contributed by atoms with Gasteiger partial charge in [-0.1, -0.05) is 24.3 Å². The molecule has 8 nitrogen and oxygen atoms in total. The first-order valence-electron chi connectivity index (χ1n) is 11.4. The second kappa shape index (κ2) is 9.91. The highest BCUT2D eigenvalue weighted by Crippen LogP contribution is 2.38. The topological polar surface area (TPSA) is 90.0 Å². The zero-order valence-electron chi connectivity index (χ0n) is 19.1. The Balaban J connectivity index is 1.24. The Morgan fingerprint density at radius 1 is 1.17 bits per heavy atom. The molecule has 0 spiro atoms. The number of carbonyl (C=O) groups excluding carboxylic acids is 2. The van der Waals surface area contributed by atoms with Gasteiger partial charge >= 0.3 is 6.09 Å². The van der Waals surface area contributed by atoms with Gasteiger partial charge in [-0.2, -0.15) is 0 Å². The van der Waals surface area contributed by atoms with E-state index in [4.69, 9.17) is 14.2 Å². The van der Waals surface area contributed by atoms with Crippen molar-refractivity contribution >= 4 is 23.3 Å². The number of aryl methyl sites for hydroxylation is 1. The molecule has 1 saturated carbocycles. The number of hydrogen-bond acceptors (Lipinski definition) is 7. The zero-order chi connectivity index (χ0) is 24.4. The second-order valence-electron chi connectivity index (χ2n) is 8.23. The largest absolute Gasteiger partial charge is 0.486 e. The molecule has 1 fully saturated rings. The third-order valence-electron chi connectivity index (χ3n) is 5.68. The highest BCUT2D eigenvalue weighted by Gasteiger charge is 2.34. The summed E-state index contributed by atoms with van der Waals surface area (Å²) in [7, 11) is 0. The van der Waals surface area contributed by atoms with E-state index in [2.05, 4.69) is 10.3 Å². The van der Waals surface area contributed by atoms with Crippen molar-refractivity contribution in [2.75, 3.05) is 26.3 Å². The van der Waals surface area contributed by atoms with Gasteiger partial charge in [-0.05, 0) is 38.0 Å². The van der Waals surface area contributed by atoms with E-state index in [-0.39, 0.29) is 30.9 Å². The van der Waals surface area contributed by atoms with Gasteiger partial charge in [0.25, 0.3) is 5.91 Å². The number of aromatic nitrogens is 1. The lowest BCUT2D eigenvalue weighted by atomic mass is 10.1. The smallest absolute Gasteiger partial charge is 0.416 e. The molecule has 1 aliphatic heterocycles. The lowest BCUT2D eigenvalue weighted by Gasteiger charge is -2.22. The van der Waals surface area contributed by atoms with E-state index in [1.165, 1.54) is 17.4 Å². The number of nitrogens with one attached hydrogen (secondary N) is 1. The van der Waals surface area contributed by atoms with E-state index < -0.39 is 11.9 Å². The lowest BCUT2D eigenvalue weighted by Crippen LogP contribution is -2.41. The molecule has 0 unspecified atom stereocenters. The first-order chi connectivity index (χ1) is 17.0. The Kier molecular flexibility index (Phi) is 6.54. The van der Waals surface area contributed by atoms with Crippen molar-refractivity contribution < 1.29 is 28.2 Å². The van der Waals surface area contributed by atoms with Crippen LogP contribution in [0.2, 0.25) is 0 Å². The van der Waals surface area contributed by atoms with Crippen LogP contribution in [0, 0.1) is 12.7 Å². The molecule has 2 amide bonds. The fourth-order valence-electron chi connectivity index (χ4n) is 3.88. The molecule has 0 bridgehead atoms. The Bertz CT molecular complexity index is 1260. The number of ether oxygens (including phenoxy) is 3. The van der Waals surface area contributed by atoms with Gasteiger partial charge in [0.05, 0.1) is 10.6 Å². The standard InChI is InChI=1S/C25H24FN3O5S/c1-15-28-24(22(35-15)17-5-2-3-7-19(17)26)34-25(31)29(16-9-10-16)12-11-27-23(30)18-6-4-8-20-21(18)33-14-13-32-20/h2-8,16H,9-14H2,1H3,(H,27,30). The predicted octanol–water partition coefficient (Wildman–Crippen LogP) is 4.42. The molecule has 1 aromatic heterocycles. The molecule has 182 valence electrons. The number of benzene rings is 2. The summed E-state index contributed by atoms with van der Waals surface area (Å²) in [6.45, 7) is 3.08. The number of carbonyl (C=O) groups is 2. The molecule has 0 atom stereocenters. The minimum Gasteiger partial charge on any atom is -0.486 e. The van der Waals surface area contributed by atoms with E-state index >= 15 is 0 Å². The van der Waals surface area contributed by atoms with Crippen molar-refractivity contribution in [3.8, 4) is 27.8 Å². The molecule has 3 aromatic rings. The van der Waals surface area contributed by atoms with E-state index in [9.17, 15) is 14.0 Å². The van der Waals surface area contributed by atoms with Crippen molar-refractivity contribution in [3.05, 3.63) is 58.9 Å². The van der Waals surface area contributed by atoms with Gasteiger partial charge in [0.1, 0.15) is 23.9 Å². The third-order valence-corrected chi connectivity index (χ3v) is 6.66. The first-order valence-corrected chi connectivity index (χ1v) is 12.2. The summed E-state index contributed by atoms with van der Waals surface area (Å²) in [5, 5.41) is 3.50. The van der Waals surface area contributed by atoms with Crippen LogP contribution in [0.1, 0.15) is 28.2 Å². The van der Waals surface area contributed by atoms with E-state index in [1.54, 1.807) is 48.2 Å². The van der Waals surface area contributed by atoms with Crippen LogP contribution in [-0.4, -0.2) is 54.2 Å². The number of hydrogen-bond donors (Lipinski definition) is 1. The van der Waals surface area contributed by atoms with E-state index in [0.717, 1.165) is 12.8 Å². The zero-order valence-corrected chi connectivity index (χ0v) is 19.9. The summed E-state index contributed by atoms with van der Waals surface area (Å²) in [5.74, 6) is 0.331. The first kappa shape index (κ1) is 23.1. The normalized spacial score (nSPS) is 14.3. The highest BCUT2D eigenvalue weighted by atomic mass is 32.1. The Hall–Kier alpha value is -3.66. The maximum absolute atomic E-state index is 14.4. The van der Waals surface area contributed by atoms with Crippen LogP contribution in [0.25, 0.3) is 10.4 Å². The molecule has 0 saturated heterocycles. The Morgan fingerprint density at radius 3 is 2.77 bits per heavy atom. The van der Waals surface area contributed by atoms with Gasteiger partial charge in [0, 0.05) is 24.7 Å². The number of nitrogens with zero attached hydrogens (tertiary/aromatic N) is 2. The molecule has 35 heavy (non-hydrogen) atoms. The van der Waals surface area contributed by atoms with Crippen molar-refractivity contribution in [2.45, 2.75) is 25.8 Å². The minimum absolute atomic E-state index is 0.0391. The third kappa shape index (κ3) is 5.07. The Labute approximate surface area is 205 Å². The summed E-state index contributed by atoms with van der Waals surface area (Å²) in [6, 6.07) is 11.5. The Morgan fingerprint density at radius 2 is 1.97 bits per heavy atom. The van der Waals surface area contributed by atoms with E-state index in [1.807, 2.05) is 0 Å². The molecule has 10 heteroatoms.